The highest BCUT2D eigenvalue weighted by Crippen LogP contribution is 2.20. The van der Waals surface area contributed by atoms with Gasteiger partial charge in [0.1, 0.15) is 0 Å². The number of carbonyl (C=O) groups is 1. The monoisotopic (exact) mass is 364 g/mol. The molecule has 2 heterocycles. The third-order valence-corrected chi connectivity index (χ3v) is 6.57. The molecule has 0 bridgehead atoms. The second kappa shape index (κ2) is 6.27. The number of carboxylic acids is 1. The molecule has 134 valence electrons. The smallest absolute Gasteiger partial charge is 0.337 e. The SMILES string of the molecule is Cc1[nH]c2c(C(=O)O)cccc2c(=O)c1CN(C)C1CCS(=O)(=O)C1. The minimum Gasteiger partial charge on any atom is -0.478 e. The molecule has 8 heteroatoms. The summed E-state index contributed by atoms with van der Waals surface area (Å²) in [6.07, 6.45) is 0.562. The van der Waals surface area contributed by atoms with Gasteiger partial charge in [-0.1, -0.05) is 6.07 Å². The first-order valence-electron chi connectivity index (χ1n) is 7.98. The summed E-state index contributed by atoms with van der Waals surface area (Å²) in [6.45, 7) is 2.04. The van der Waals surface area contributed by atoms with Crippen LogP contribution in [-0.4, -0.2) is 54.0 Å². The topological polar surface area (TPSA) is 108 Å². The second-order valence-electron chi connectivity index (χ2n) is 6.56. The maximum atomic E-state index is 12.8. The lowest BCUT2D eigenvalue weighted by Gasteiger charge is -2.23. The van der Waals surface area contributed by atoms with Crippen molar-refractivity contribution in [2.45, 2.75) is 25.9 Å². The van der Waals surface area contributed by atoms with E-state index >= 15 is 0 Å². The molecule has 0 spiro atoms. The minimum absolute atomic E-state index is 0.0551. The maximum absolute atomic E-state index is 12.8. The van der Waals surface area contributed by atoms with Crippen LogP contribution in [0.25, 0.3) is 10.9 Å². The maximum Gasteiger partial charge on any atom is 0.337 e. The number of nitrogens with zero attached hydrogens (tertiary/aromatic N) is 1. The Hall–Kier alpha value is -2.19. The first kappa shape index (κ1) is 17.6. The molecule has 1 fully saturated rings. The van der Waals surface area contributed by atoms with Gasteiger partial charge in [-0.3, -0.25) is 9.69 Å². The molecule has 1 aliphatic heterocycles. The zero-order valence-corrected chi connectivity index (χ0v) is 14.9. The summed E-state index contributed by atoms with van der Waals surface area (Å²) >= 11 is 0. The molecule has 1 saturated heterocycles. The van der Waals surface area contributed by atoms with Crippen molar-refractivity contribution < 1.29 is 18.3 Å². The van der Waals surface area contributed by atoms with Gasteiger partial charge >= 0.3 is 5.97 Å². The number of H-pyrrole nitrogens is 1. The van der Waals surface area contributed by atoms with Crippen LogP contribution in [0.5, 0.6) is 0 Å². The van der Waals surface area contributed by atoms with E-state index in [4.69, 9.17) is 0 Å². The molecule has 2 aromatic rings. The first-order valence-corrected chi connectivity index (χ1v) is 9.80. The Labute approximate surface area is 145 Å². The normalized spacial score (nSPS) is 19.6. The van der Waals surface area contributed by atoms with Gasteiger partial charge in [0.25, 0.3) is 0 Å². The van der Waals surface area contributed by atoms with Gasteiger partial charge in [0, 0.05) is 29.2 Å². The lowest BCUT2D eigenvalue weighted by molar-refractivity contribution is 0.0699. The van der Waals surface area contributed by atoms with Gasteiger partial charge in [-0.05, 0) is 32.5 Å². The van der Waals surface area contributed by atoms with Crippen molar-refractivity contribution in [2.24, 2.45) is 0 Å². The van der Waals surface area contributed by atoms with Crippen molar-refractivity contribution in [3.05, 3.63) is 45.2 Å². The lowest BCUT2D eigenvalue weighted by Crippen LogP contribution is -2.34. The number of aromatic carboxylic acids is 1. The predicted octanol–water partition coefficient (Wildman–Crippen LogP) is 1.15. The lowest BCUT2D eigenvalue weighted by atomic mass is 10.0. The van der Waals surface area contributed by atoms with E-state index in [0.29, 0.717) is 35.1 Å². The van der Waals surface area contributed by atoms with E-state index in [9.17, 15) is 23.1 Å². The van der Waals surface area contributed by atoms with Crippen molar-refractivity contribution in [3.63, 3.8) is 0 Å². The molecule has 1 aliphatic rings. The third-order valence-electron chi connectivity index (χ3n) is 4.82. The molecule has 2 N–H and O–H groups in total. The van der Waals surface area contributed by atoms with Crippen LogP contribution in [0.15, 0.2) is 23.0 Å². The Morgan fingerprint density at radius 3 is 2.72 bits per heavy atom. The van der Waals surface area contributed by atoms with Crippen LogP contribution in [0.3, 0.4) is 0 Å². The number of sulfone groups is 1. The number of nitrogens with one attached hydrogen (secondary N) is 1. The summed E-state index contributed by atoms with van der Waals surface area (Å²) in [5, 5.41) is 9.61. The van der Waals surface area contributed by atoms with Crippen molar-refractivity contribution in [1.82, 2.24) is 9.88 Å². The summed E-state index contributed by atoms with van der Waals surface area (Å²) in [4.78, 5) is 29.1. The van der Waals surface area contributed by atoms with Gasteiger partial charge in [0.2, 0.25) is 0 Å². The molecule has 25 heavy (non-hydrogen) atoms. The van der Waals surface area contributed by atoms with Gasteiger partial charge in [-0.25, -0.2) is 13.2 Å². The van der Waals surface area contributed by atoms with Crippen LogP contribution >= 0.6 is 0 Å². The number of hydrogen-bond donors (Lipinski definition) is 2. The fraction of sp³-hybridized carbons (Fsp3) is 0.412. The van der Waals surface area contributed by atoms with E-state index in [0.717, 1.165) is 0 Å². The Kier molecular flexibility index (Phi) is 4.42. The van der Waals surface area contributed by atoms with Crippen LogP contribution in [0.4, 0.5) is 0 Å². The fourth-order valence-electron chi connectivity index (χ4n) is 3.34. The molecule has 0 amide bonds. The zero-order chi connectivity index (χ0) is 18.4. The minimum atomic E-state index is -3.00. The average molecular weight is 364 g/mol. The van der Waals surface area contributed by atoms with Crippen LogP contribution in [0, 0.1) is 6.92 Å². The molecule has 1 unspecified atom stereocenters. The molecule has 7 nitrogen and oxygen atoms in total. The Balaban J connectivity index is 2.00. The predicted molar refractivity (Wildman–Crippen MR) is 94.8 cm³/mol. The molecule has 0 radical (unpaired) electrons. The van der Waals surface area contributed by atoms with E-state index in [2.05, 4.69) is 4.98 Å². The van der Waals surface area contributed by atoms with Crippen molar-refractivity contribution in [3.8, 4) is 0 Å². The molecule has 1 aromatic carbocycles. The Morgan fingerprint density at radius 1 is 1.40 bits per heavy atom. The van der Waals surface area contributed by atoms with Crippen LogP contribution in [0.1, 0.15) is 28.0 Å². The first-order chi connectivity index (χ1) is 11.7. The zero-order valence-electron chi connectivity index (χ0n) is 14.1. The van der Waals surface area contributed by atoms with E-state index in [1.165, 1.54) is 6.07 Å². The quantitative estimate of drug-likeness (QED) is 0.843. The highest BCUT2D eigenvalue weighted by molar-refractivity contribution is 7.91. The molecule has 3 rings (SSSR count). The number of hydrogen-bond acceptors (Lipinski definition) is 5. The number of fused-ring (bicyclic) bond motifs is 1. The summed E-state index contributed by atoms with van der Waals surface area (Å²) in [5.74, 6) is -0.810. The van der Waals surface area contributed by atoms with E-state index < -0.39 is 15.8 Å². The van der Waals surface area contributed by atoms with Crippen LogP contribution in [0.2, 0.25) is 0 Å². The van der Waals surface area contributed by atoms with Crippen LogP contribution < -0.4 is 5.43 Å². The van der Waals surface area contributed by atoms with E-state index in [1.54, 1.807) is 19.1 Å². The average Bonchev–Trinajstić information content (AvgIpc) is 2.90. The number of para-hydroxylation sites is 1. The molecule has 1 atom stereocenters. The number of benzene rings is 1. The van der Waals surface area contributed by atoms with Crippen molar-refractivity contribution in [2.75, 3.05) is 18.6 Å². The summed E-state index contributed by atoms with van der Waals surface area (Å²) < 4.78 is 23.3. The molecule has 0 aliphatic carbocycles. The van der Waals surface area contributed by atoms with Gasteiger partial charge in [-0.15, -0.1) is 0 Å². The molecule has 1 aromatic heterocycles. The number of aromatic nitrogens is 1. The number of carboxylic acid groups (broad SMARTS) is 1. The van der Waals surface area contributed by atoms with Crippen molar-refractivity contribution >= 4 is 26.7 Å². The van der Waals surface area contributed by atoms with Crippen LogP contribution in [-0.2, 0) is 16.4 Å². The standard InChI is InChI=1S/C17H20N2O5S/c1-10-14(8-19(2)11-6-7-25(23,24)9-11)16(20)12-4-3-5-13(17(21)22)15(12)18-10/h3-5,11H,6-9H2,1-2H3,(H,18,20)(H,21,22). The molecule has 0 saturated carbocycles. The largest absolute Gasteiger partial charge is 0.478 e. The van der Waals surface area contributed by atoms with E-state index in [-0.39, 0.29) is 28.5 Å². The highest BCUT2D eigenvalue weighted by atomic mass is 32.2. The summed E-state index contributed by atoms with van der Waals surface area (Å²) in [6, 6.07) is 4.50. The number of aromatic amines is 1. The number of rotatable bonds is 4. The Bertz CT molecular complexity index is 1010. The van der Waals surface area contributed by atoms with Crippen molar-refractivity contribution in [1.29, 1.82) is 0 Å². The summed E-state index contributed by atoms with van der Waals surface area (Å²) in [7, 11) is -1.19. The van der Waals surface area contributed by atoms with Gasteiger partial charge in [0.05, 0.1) is 22.6 Å². The second-order valence-corrected chi connectivity index (χ2v) is 8.79. The highest BCUT2D eigenvalue weighted by Gasteiger charge is 2.31. The fourth-order valence-corrected chi connectivity index (χ4v) is 5.15. The van der Waals surface area contributed by atoms with E-state index in [1.807, 2.05) is 11.9 Å². The van der Waals surface area contributed by atoms with Gasteiger partial charge < -0.3 is 10.1 Å². The Morgan fingerprint density at radius 2 is 2.12 bits per heavy atom. The van der Waals surface area contributed by atoms with Gasteiger partial charge in [0.15, 0.2) is 15.3 Å². The third kappa shape index (κ3) is 3.32. The van der Waals surface area contributed by atoms with Gasteiger partial charge in [-0.2, -0.15) is 0 Å². The molecular weight excluding hydrogens is 344 g/mol. The number of pyridine rings is 1. The number of aryl methyl sites for hydroxylation is 1. The molecular formula is C17H20N2O5S. The summed E-state index contributed by atoms with van der Waals surface area (Å²) in [5.41, 5.74) is 1.27.